The van der Waals surface area contributed by atoms with Gasteiger partial charge in [-0.2, -0.15) is 10.4 Å². The first-order valence-electron chi connectivity index (χ1n) is 2.98. The van der Waals surface area contributed by atoms with Crippen LogP contribution in [0.4, 0.5) is 0 Å². The summed E-state index contributed by atoms with van der Waals surface area (Å²) in [4.78, 5) is 21.6. The number of carbonyl (C=O) groups excluding carboxylic acids is 2. The predicted octanol–water partition coefficient (Wildman–Crippen LogP) is -2.40. The Morgan fingerprint density at radius 3 is 3.00 bits per heavy atom. The van der Waals surface area contributed by atoms with Crippen molar-refractivity contribution in [2.24, 2.45) is 16.9 Å². The molecule has 0 spiro atoms. The first-order chi connectivity index (χ1) is 5.70. The van der Waals surface area contributed by atoms with Gasteiger partial charge in [-0.1, -0.05) is 0 Å². The normalized spacial score (nSPS) is 20.8. The van der Waals surface area contributed by atoms with E-state index in [1.165, 1.54) is 0 Å². The summed E-state index contributed by atoms with van der Waals surface area (Å²) in [6.07, 6.45) is 0. The fourth-order valence-corrected chi connectivity index (χ4v) is 0.744. The first kappa shape index (κ1) is 8.16. The highest BCUT2D eigenvalue weighted by Gasteiger charge is 2.34. The van der Waals surface area contributed by atoms with Gasteiger partial charge in [0, 0.05) is 0 Å². The highest BCUT2D eigenvalue weighted by atomic mass is 16.2. The van der Waals surface area contributed by atoms with E-state index >= 15 is 0 Å². The zero-order chi connectivity index (χ0) is 9.14. The third-order valence-electron chi connectivity index (χ3n) is 1.32. The number of nitrogens with two attached hydrogens (primary N) is 1. The monoisotopic (exact) mass is 167 g/mol. The topological polar surface area (TPSA) is 120 Å². The molecule has 7 nitrogen and oxygen atoms in total. The average Bonchev–Trinajstić information content (AvgIpc) is 2.45. The van der Waals surface area contributed by atoms with Crippen molar-refractivity contribution in [3.8, 4) is 6.07 Å². The Hall–Kier alpha value is -1.94. The van der Waals surface area contributed by atoms with E-state index < -0.39 is 17.7 Å². The number of hydrazine groups is 1. The summed E-state index contributed by atoms with van der Waals surface area (Å²) < 4.78 is 0. The second kappa shape index (κ2) is 2.98. The van der Waals surface area contributed by atoms with Crippen LogP contribution in [0.3, 0.4) is 0 Å². The molecule has 7 heteroatoms. The van der Waals surface area contributed by atoms with Crippen molar-refractivity contribution in [3.63, 3.8) is 0 Å². The fourth-order valence-electron chi connectivity index (χ4n) is 0.744. The number of hydrogen-bond acceptors (Lipinski definition) is 5. The molecule has 1 rings (SSSR count). The molecular formula is C5H5N5O2. The van der Waals surface area contributed by atoms with E-state index in [1.807, 2.05) is 5.43 Å². The lowest BCUT2D eigenvalue weighted by atomic mass is 10.1. The third-order valence-corrected chi connectivity index (χ3v) is 1.32. The number of nitrogens with one attached hydrogen (secondary N) is 2. The minimum Gasteiger partial charge on any atom is -0.289 e. The molecule has 62 valence electrons. The van der Waals surface area contributed by atoms with Crippen molar-refractivity contribution in [1.82, 2.24) is 10.9 Å². The molecule has 2 amide bonds. The van der Waals surface area contributed by atoms with Crippen LogP contribution in [0.25, 0.3) is 0 Å². The molecule has 0 aromatic carbocycles. The van der Waals surface area contributed by atoms with E-state index in [9.17, 15) is 9.59 Å². The van der Waals surface area contributed by atoms with Gasteiger partial charge in [0.05, 0.1) is 6.07 Å². The van der Waals surface area contributed by atoms with Gasteiger partial charge < -0.3 is 0 Å². The average molecular weight is 167 g/mol. The number of nitriles is 1. The van der Waals surface area contributed by atoms with E-state index in [1.54, 1.807) is 11.5 Å². The molecule has 0 aliphatic carbocycles. The quantitative estimate of drug-likeness (QED) is 0.229. The summed E-state index contributed by atoms with van der Waals surface area (Å²) in [5.41, 5.74) is 3.57. The SMILES string of the molecule is N#C[C@H]1C(=O)NN=C1C(=O)NN. The molecule has 0 saturated heterocycles. The van der Waals surface area contributed by atoms with Gasteiger partial charge in [0.2, 0.25) is 0 Å². The van der Waals surface area contributed by atoms with Crippen molar-refractivity contribution in [2.75, 3.05) is 0 Å². The number of amides is 2. The minimum atomic E-state index is -1.16. The molecule has 12 heavy (non-hydrogen) atoms. The molecule has 1 atom stereocenters. The smallest absolute Gasteiger partial charge is 0.283 e. The molecule has 0 fully saturated rings. The third kappa shape index (κ3) is 1.11. The van der Waals surface area contributed by atoms with Crippen LogP contribution in [-0.4, -0.2) is 17.5 Å². The maximum atomic E-state index is 10.8. The van der Waals surface area contributed by atoms with Gasteiger partial charge in [-0.25, -0.2) is 11.3 Å². The second-order valence-electron chi connectivity index (χ2n) is 2.01. The Morgan fingerprint density at radius 1 is 1.83 bits per heavy atom. The van der Waals surface area contributed by atoms with Crippen molar-refractivity contribution >= 4 is 17.5 Å². The number of nitrogens with zero attached hydrogens (tertiary/aromatic N) is 2. The lowest BCUT2D eigenvalue weighted by Gasteiger charge is -1.98. The first-order valence-corrected chi connectivity index (χ1v) is 2.98. The highest BCUT2D eigenvalue weighted by Crippen LogP contribution is 2.04. The lowest BCUT2D eigenvalue weighted by molar-refractivity contribution is -0.121. The van der Waals surface area contributed by atoms with Gasteiger partial charge in [0.15, 0.2) is 11.6 Å². The Labute approximate surface area is 67.2 Å². The zero-order valence-corrected chi connectivity index (χ0v) is 5.87. The van der Waals surface area contributed by atoms with E-state index in [2.05, 4.69) is 5.10 Å². The van der Waals surface area contributed by atoms with E-state index in [4.69, 9.17) is 11.1 Å². The Morgan fingerprint density at radius 2 is 2.50 bits per heavy atom. The Bertz CT molecular complexity index is 301. The summed E-state index contributed by atoms with van der Waals surface area (Å²) in [7, 11) is 0. The molecule has 1 aliphatic rings. The van der Waals surface area contributed by atoms with Crippen LogP contribution >= 0.6 is 0 Å². The van der Waals surface area contributed by atoms with Gasteiger partial charge >= 0.3 is 0 Å². The van der Waals surface area contributed by atoms with Crippen LogP contribution in [0.5, 0.6) is 0 Å². The molecule has 0 bridgehead atoms. The van der Waals surface area contributed by atoms with Crippen molar-refractivity contribution in [2.45, 2.75) is 0 Å². The van der Waals surface area contributed by atoms with Crippen LogP contribution in [0, 0.1) is 17.2 Å². The van der Waals surface area contributed by atoms with E-state index in [-0.39, 0.29) is 5.71 Å². The van der Waals surface area contributed by atoms with Gasteiger partial charge in [-0.3, -0.25) is 15.0 Å². The van der Waals surface area contributed by atoms with Gasteiger partial charge in [-0.05, 0) is 0 Å². The molecule has 1 heterocycles. The predicted molar refractivity (Wildman–Crippen MR) is 37.0 cm³/mol. The summed E-state index contributed by atoms with van der Waals surface area (Å²) in [6.45, 7) is 0. The second-order valence-corrected chi connectivity index (χ2v) is 2.01. The molecule has 4 N–H and O–H groups in total. The van der Waals surface area contributed by atoms with Crippen molar-refractivity contribution < 1.29 is 9.59 Å². The molecule has 0 aromatic rings. The summed E-state index contributed by atoms with van der Waals surface area (Å²) in [5.74, 6) is 2.28. The molecular weight excluding hydrogens is 162 g/mol. The maximum Gasteiger partial charge on any atom is 0.283 e. The zero-order valence-electron chi connectivity index (χ0n) is 5.87. The largest absolute Gasteiger partial charge is 0.289 e. The van der Waals surface area contributed by atoms with Crippen LogP contribution in [0.2, 0.25) is 0 Å². The van der Waals surface area contributed by atoms with E-state index in [0.29, 0.717) is 0 Å². The van der Waals surface area contributed by atoms with Gasteiger partial charge in [0.25, 0.3) is 11.8 Å². The molecule has 0 aromatic heterocycles. The van der Waals surface area contributed by atoms with Crippen LogP contribution in [-0.2, 0) is 9.59 Å². The van der Waals surface area contributed by atoms with Gasteiger partial charge in [-0.15, -0.1) is 0 Å². The number of carbonyl (C=O) groups is 2. The standard InChI is InChI=1S/C5H5N5O2/c6-1-2-3(5(12)8-7)9-10-4(2)11/h2H,7H2,(H,8,12)(H,10,11)/t2-/m1/s1. The summed E-state index contributed by atoms with van der Waals surface area (Å²) >= 11 is 0. The van der Waals surface area contributed by atoms with Gasteiger partial charge in [0.1, 0.15) is 0 Å². The Kier molecular flexibility index (Phi) is 2.02. The van der Waals surface area contributed by atoms with E-state index in [0.717, 1.165) is 0 Å². The lowest BCUT2D eigenvalue weighted by Crippen LogP contribution is -2.39. The fraction of sp³-hybridized carbons (Fsp3) is 0.200. The van der Waals surface area contributed by atoms with Crippen LogP contribution in [0.1, 0.15) is 0 Å². The highest BCUT2D eigenvalue weighted by molar-refractivity contribution is 6.44. The molecule has 0 unspecified atom stereocenters. The van der Waals surface area contributed by atoms with Crippen LogP contribution < -0.4 is 16.7 Å². The number of hydrogen-bond donors (Lipinski definition) is 3. The van der Waals surface area contributed by atoms with Crippen molar-refractivity contribution in [3.05, 3.63) is 0 Å². The Balaban J connectivity index is 2.87. The summed E-state index contributed by atoms with van der Waals surface area (Å²) in [5, 5.41) is 11.8. The molecule has 1 aliphatic heterocycles. The molecule has 0 saturated carbocycles. The van der Waals surface area contributed by atoms with Crippen molar-refractivity contribution in [1.29, 1.82) is 5.26 Å². The minimum absolute atomic E-state index is 0.204. The van der Waals surface area contributed by atoms with Crippen LogP contribution in [0.15, 0.2) is 5.10 Å². The number of hydrazone groups is 1. The number of rotatable bonds is 1. The summed E-state index contributed by atoms with van der Waals surface area (Å²) in [6, 6.07) is 1.62. The molecule has 0 radical (unpaired) electrons. The maximum absolute atomic E-state index is 10.8.